The highest BCUT2D eigenvalue weighted by Gasteiger charge is 2.53. The summed E-state index contributed by atoms with van der Waals surface area (Å²) in [6.07, 6.45) is -14.6. The lowest BCUT2D eigenvalue weighted by atomic mass is 9.74. The lowest BCUT2D eigenvalue weighted by molar-refractivity contribution is -0.387. The van der Waals surface area contributed by atoms with Gasteiger partial charge in [0.05, 0.1) is 59.4 Å². The molecule has 4 aliphatic rings. The molecule has 4 N–H and O–H groups in total. The van der Waals surface area contributed by atoms with Gasteiger partial charge in [0.15, 0.2) is 35.1 Å². The first kappa shape index (κ1) is 73.4. The number of rotatable bonds is 20. The number of aliphatic hydroxyl groups excluding tert-OH is 2. The number of aliphatic hydroxyl groups is 2. The van der Waals surface area contributed by atoms with Crippen LogP contribution < -0.4 is 10.0 Å². The highest BCUT2D eigenvalue weighted by atomic mass is 32.2. The van der Waals surface area contributed by atoms with Crippen molar-refractivity contribution < 1.29 is 94.8 Å². The Hall–Kier alpha value is -4.29. The number of ether oxygens (including phenoxy) is 11. The van der Waals surface area contributed by atoms with Crippen LogP contribution in [0.15, 0.2) is 41.3 Å². The number of methoxy groups -OCH3 is 2. The van der Waals surface area contributed by atoms with E-state index >= 15 is 9.59 Å². The molecule has 26 heteroatoms. The van der Waals surface area contributed by atoms with Gasteiger partial charge in [-0.15, -0.1) is 0 Å². The molecule has 5 rings (SSSR count). The molecule has 25 nitrogen and oxygen atoms in total. The van der Waals surface area contributed by atoms with Crippen LogP contribution in [0.4, 0.5) is 10.5 Å². The number of nitro benzene ring substituents is 1. The Morgan fingerprint density at radius 3 is 2.15 bits per heavy atom. The van der Waals surface area contributed by atoms with E-state index in [9.17, 15) is 38.3 Å². The van der Waals surface area contributed by atoms with Crippen LogP contribution in [0.3, 0.4) is 0 Å². The van der Waals surface area contributed by atoms with Crippen LogP contribution in [0.25, 0.3) is 0 Å². The van der Waals surface area contributed by atoms with Gasteiger partial charge >= 0.3 is 18.0 Å². The van der Waals surface area contributed by atoms with Gasteiger partial charge < -0.3 is 72.5 Å². The van der Waals surface area contributed by atoms with E-state index in [0.717, 1.165) is 12.1 Å². The summed E-state index contributed by atoms with van der Waals surface area (Å²) in [6.45, 7) is 29.6. The summed E-state index contributed by atoms with van der Waals surface area (Å²) in [6, 6.07) is 4.75. The first-order chi connectivity index (χ1) is 40.5. The average molecular weight is 1260 g/mol. The van der Waals surface area contributed by atoms with E-state index in [-0.39, 0.29) is 37.5 Å². The number of hydrogen-bond donors (Lipinski definition) is 4. The number of Topliss-reactive ketones (excluding diaryl/α,β-unsaturated/α-hetero) is 1. The Morgan fingerprint density at radius 1 is 0.885 bits per heavy atom. The maximum atomic E-state index is 16.0. The third-order valence-corrected chi connectivity index (χ3v) is 18.8. The maximum Gasteiger partial charge on any atom is 0.408 e. The fraction of sp³-hybridized carbons (Fsp3) is 0.803. The fourth-order valence-corrected chi connectivity index (χ4v) is 13.8. The number of benzene rings is 1. The maximum absolute atomic E-state index is 16.0. The van der Waals surface area contributed by atoms with E-state index in [4.69, 9.17) is 52.1 Å². The standard InChI is InChI=1S/C61H100N4O21S/c1-31(2)24-45(66)82-51-39(10)50(34(5)29-78-58-54(77-19)53(76-18)48(68)42(13)81-58)84-56(70)41(12)52(83-46-26-35(6)64(17)28-37(8)79-46)38(9)49(85-57-47(67)32(3)25-36(7)80-57)33(4)27-61(16,55(69)40(51)11)86-59(71)63-60(14,15)30-62-87(74,75)44-23-21-20-22-43(44)65(72)73/h20-23,31,33-42,46-54,57-58,62,67-68H,3,24-30H2,1-2,4-19H3,(H,63,71)/t33-,34-,35-,36+,37-,38+,39-,40+,41+,42+,46-,47+,48+,49-,50+,51+,52-,53+,54+,57-,58+,61-/m0/s1. The van der Waals surface area contributed by atoms with Gasteiger partial charge in [0, 0.05) is 70.0 Å². The number of para-hydroxylation sites is 1. The van der Waals surface area contributed by atoms with Gasteiger partial charge in [-0.3, -0.25) is 24.5 Å². The van der Waals surface area contributed by atoms with Gasteiger partial charge in [-0.05, 0) is 98.8 Å². The Morgan fingerprint density at radius 2 is 1.53 bits per heavy atom. The van der Waals surface area contributed by atoms with Crippen LogP contribution in [0.1, 0.15) is 130 Å². The number of carbonyl (C=O) groups is 4. The zero-order valence-electron chi connectivity index (χ0n) is 54.1. The smallest absolute Gasteiger partial charge is 0.408 e. The molecule has 22 atom stereocenters. The summed E-state index contributed by atoms with van der Waals surface area (Å²) < 4.78 is 99.7. The topological polar surface area (TPSA) is 315 Å². The number of amides is 1. The molecule has 4 saturated heterocycles. The molecule has 0 aromatic heterocycles. The lowest BCUT2D eigenvalue weighted by Crippen LogP contribution is -2.59. The summed E-state index contributed by atoms with van der Waals surface area (Å²) in [4.78, 5) is 72.8. The molecule has 0 aliphatic carbocycles. The van der Waals surface area contributed by atoms with Crippen molar-refractivity contribution in [2.75, 3.05) is 41.0 Å². The molecular weight excluding hydrogens is 1160 g/mol. The van der Waals surface area contributed by atoms with Crippen LogP contribution in [0, 0.1) is 51.5 Å². The van der Waals surface area contributed by atoms with Gasteiger partial charge in [0.1, 0.15) is 36.6 Å². The van der Waals surface area contributed by atoms with Crippen molar-refractivity contribution in [3.05, 3.63) is 46.5 Å². The molecular formula is C61H100N4O21S. The molecule has 496 valence electrons. The molecule has 4 fully saturated rings. The van der Waals surface area contributed by atoms with E-state index in [2.05, 4.69) is 21.5 Å². The van der Waals surface area contributed by atoms with Gasteiger partial charge in [0.25, 0.3) is 5.69 Å². The van der Waals surface area contributed by atoms with Crippen molar-refractivity contribution in [2.24, 2.45) is 41.4 Å². The molecule has 0 spiro atoms. The van der Waals surface area contributed by atoms with Crippen LogP contribution in [-0.2, 0) is 76.5 Å². The van der Waals surface area contributed by atoms with E-state index in [1.807, 2.05) is 34.7 Å². The lowest BCUT2D eigenvalue weighted by Gasteiger charge is -2.45. The second kappa shape index (κ2) is 31.2. The number of esters is 2. The van der Waals surface area contributed by atoms with Crippen LogP contribution in [-0.4, -0.2) is 196 Å². The van der Waals surface area contributed by atoms with Crippen molar-refractivity contribution in [1.82, 2.24) is 14.9 Å². The minimum Gasteiger partial charge on any atom is -0.461 e. The van der Waals surface area contributed by atoms with Gasteiger partial charge in [-0.1, -0.05) is 67.2 Å². The summed E-state index contributed by atoms with van der Waals surface area (Å²) in [5.74, 6) is -8.32. The van der Waals surface area contributed by atoms with Gasteiger partial charge in [-0.25, -0.2) is 17.9 Å². The number of carbonyl (C=O) groups excluding carboxylic acids is 4. The SMILES string of the molecule is C=C1C[C@@H](C)O[C@@H](O[C@@H]2[C@@H](C)[C@H](O[C@H]3C[C@H](C)N(C)C[C@H](C)O3)[C@@H](C)C(=O)O[C@H]([C@@H](C)CO[C@@H]3O[C@H](C)[C@@H](O)[C@@H](OC)[C@H]3OC)[C@H](C)[C@@H](OC(=O)CC(C)C)[C@@H](C)C(=O)[C@@](C)(OC(=O)NC(C)(C)CNS(=O)(=O)c3ccccc3[N+](=O)[O-])C[C@@H]2C)[C@@H]1O. The van der Waals surface area contributed by atoms with Crippen molar-refractivity contribution in [3.8, 4) is 0 Å². The largest absolute Gasteiger partial charge is 0.461 e. The van der Waals surface area contributed by atoms with E-state index in [1.165, 1.54) is 54.0 Å². The molecule has 87 heavy (non-hydrogen) atoms. The summed E-state index contributed by atoms with van der Waals surface area (Å²) in [5, 5.41) is 37.1. The zero-order chi connectivity index (χ0) is 65.4. The molecule has 1 aromatic carbocycles. The van der Waals surface area contributed by atoms with Gasteiger partial charge in [0.2, 0.25) is 10.0 Å². The number of nitro groups is 1. The number of nitrogens with zero attached hydrogens (tertiary/aromatic N) is 2. The van der Waals surface area contributed by atoms with Crippen molar-refractivity contribution >= 4 is 39.5 Å². The predicted molar refractivity (Wildman–Crippen MR) is 317 cm³/mol. The second-order valence-corrected chi connectivity index (χ2v) is 27.8. The van der Waals surface area contributed by atoms with E-state index in [0.29, 0.717) is 25.0 Å². The molecule has 0 saturated carbocycles. The average Bonchev–Trinajstić information content (AvgIpc) is 3.37. The summed E-state index contributed by atoms with van der Waals surface area (Å²) in [5.41, 5.74) is -3.88. The molecule has 1 amide bonds. The Kier molecular flexibility index (Phi) is 26.3. The third kappa shape index (κ3) is 18.9. The van der Waals surface area contributed by atoms with E-state index < -0.39 is 182 Å². The number of ketones is 1. The normalized spacial score (nSPS) is 36.9. The van der Waals surface area contributed by atoms with Crippen LogP contribution >= 0.6 is 0 Å². The molecule has 1 aromatic rings. The number of likely N-dealkylation sites (N-methyl/N-ethyl adjacent to an activating group) is 1. The monoisotopic (exact) mass is 1260 g/mol. The molecule has 4 heterocycles. The molecule has 0 radical (unpaired) electrons. The molecule has 0 unspecified atom stereocenters. The number of cyclic esters (lactones) is 1. The van der Waals surface area contributed by atoms with Crippen LogP contribution in [0.5, 0.6) is 0 Å². The summed E-state index contributed by atoms with van der Waals surface area (Å²) >= 11 is 0. The quantitative estimate of drug-likeness (QED) is 0.0370. The minimum absolute atomic E-state index is 0.0366. The third-order valence-electron chi connectivity index (χ3n) is 17.3. The first-order valence-corrected chi connectivity index (χ1v) is 31.8. The summed E-state index contributed by atoms with van der Waals surface area (Å²) in [7, 11) is 0.298. The Labute approximate surface area is 514 Å². The number of hydrogen-bond acceptors (Lipinski definition) is 22. The number of alkyl carbamates (subject to hydrolysis) is 1. The first-order valence-electron chi connectivity index (χ1n) is 30.3. The van der Waals surface area contributed by atoms with Crippen LogP contribution in [0.2, 0.25) is 0 Å². The molecule has 0 bridgehead atoms. The Bertz CT molecular complexity index is 2610. The number of nitrogens with one attached hydrogen (secondary N) is 2. The molecule has 4 aliphatic heterocycles. The second-order valence-electron chi connectivity index (χ2n) is 26.1. The van der Waals surface area contributed by atoms with Crippen molar-refractivity contribution in [1.29, 1.82) is 0 Å². The highest BCUT2D eigenvalue weighted by molar-refractivity contribution is 7.89. The van der Waals surface area contributed by atoms with Gasteiger partial charge in [-0.2, -0.15) is 0 Å². The van der Waals surface area contributed by atoms with Crippen molar-refractivity contribution in [2.45, 2.75) is 238 Å². The minimum atomic E-state index is -4.53. The van der Waals surface area contributed by atoms with Crippen molar-refractivity contribution in [3.63, 3.8) is 0 Å². The predicted octanol–water partition coefficient (Wildman–Crippen LogP) is 6.23. The highest BCUT2D eigenvalue weighted by Crippen LogP contribution is 2.41. The fourth-order valence-electron chi connectivity index (χ4n) is 12.4. The Balaban J connectivity index is 1.69. The zero-order valence-corrected chi connectivity index (χ0v) is 54.9. The number of sulfonamides is 1. The van der Waals surface area contributed by atoms with E-state index in [1.54, 1.807) is 48.5 Å².